The summed E-state index contributed by atoms with van der Waals surface area (Å²) in [6, 6.07) is 11.0. The molecule has 2 unspecified atom stereocenters. The van der Waals surface area contributed by atoms with Gasteiger partial charge in [-0.15, -0.1) is 6.58 Å². The summed E-state index contributed by atoms with van der Waals surface area (Å²) < 4.78 is 8.21. The molecule has 2 atom stereocenters. The van der Waals surface area contributed by atoms with Crippen molar-refractivity contribution in [1.29, 1.82) is 0 Å². The summed E-state index contributed by atoms with van der Waals surface area (Å²) in [6.45, 7) is 4.81. The fourth-order valence-electron chi connectivity index (χ4n) is 4.39. The summed E-state index contributed by atoms with van der Waals surface area (Å²) in [5.41, 5.74) is 6.06. The third kappa shape index (κ3) is 2.41. The van der Waals surface area contributed by atoms with Crippen LogP contribution in [0.15, 0.2) is 43.0 Å². The lowest BCUT2D eigenvalue weighted by atomic mass is 9.92. The molecule has 0 N–H and O–H groups in total. The van der Waals surface area contributed by atoms with Crippen LogP contribution >= 0.6 is 0 Å². The predicted molar refractivity (Wildman–Crippen MR) is 94.4 cm³/mol. The van der Waals surface area contributed by atoms with Crippen molar-refractivity contribution >= 4 is 0 Å². The second kappa shape index (κ2) is 5.92. The Morgan fingerprint density at radius 1 is 1.13 bits per heavy atom. The van der Waals surface area contributed by atoms with Gasteiger partial charge in [-0.2, -0.15) is 0 Å². The maximum Gasteiger partial charge on any atom is 0.197 e. The molecule has 0 bridgehead atoms. The molecule has 2 aliphatic carbocycles. The van der Waals surface area contributed by atoms with Gasteiger partial charge in [-0.1, -0.05) is 36.4 Å². The normalized spacial score (nSPS) is 22.5. The maximum atomic E-state index is 5.81. The van der Waals surface area contributed by atoms with Crippen molar-refractivity contribution < 1.29 is 4.74 Å². The fourth-order valence-corrected chi connectivity index (χ4v) is 4.39. The van der Waals surface area contributed by atoms with Crippen molar-refractivity contribution in [2.24, 2.45) is 0 Å². The lowest BCUT2D eigenvalue weighted by Crippen LogP contribution is -2.05. The first-order valence-corrected chi connectivity index (χ1v) is 8.79. The van der Waals surface area contributed by atoms with Gasteiger partial charge in [-0.25, -0.2) is 0 Å². The van der Waals surface area contributed by atoms with E-state index < -0.39 is 0 Å². The number of aromatic nitrogens is 1. The zero-order valence-corrected chi connectivity index (χ0v) is 13.9. The van der Waals surface area contributed by atoms with Gasteiger partial charge in [0.15, 0.2) is 5.88 Å². The van der Waals surface area contributed by atoms with Crippen molar-refractivity contribution in [2.45, 2.75) is 50.5 Å². The standard InChI is InChI=1S/C21H25NO/c1-3-13-22-20(16-11-7-8-12-17(16)21(22)23-2)19-14-18(19)15-9-5-4-6-10-15/h3-6,9-10,18-19H,1,7-8,11-14H2,2H3. The Hall–Kier alpha value is -1.96. The molecule has 4 rings (SSSR count). The van der Waals surface area contributed by atoms with Crippen LogP contribution in [0.2, 0.25) is 0 Å². The molecular weight excluding hydrogens is 282 g/mol. The highest BCUT2D eigenvalue weighted by Gasteiger charge is 2.44. The molecule has 2 aromatic rings. The number of benzene rings is 1. The topological polar surface area (TPSA) is 14.2 Å². The average molecular weight is 307 g/mol. The maximum absolute atomic E-state index is 5.81. The SMILES string of the molecule is C=CCn1c(OC)c2c(c1C1CC1c1ccccc1)CCCC2. The van der Waals surface area contributed by atoms with Crippen LogP contribution in [0.1, 0.15) is 53.5 Å². The number of rotatable bonds is 5. The van der Waals surface area contributed by atoms with E-state index in [9.17, 15) is 0 Å². The Balaban J connectivity index is 1.76. The van der Waals surface area contributed by atoms with Gasteiger partial charge in [-0.3, -0.25) is 0 Å². The van der Waals surface area contributed by atoms with Crippen LogP contribution in [-0.2, 0) is 19.4 Å². The third-order valence-electron chi connectivity index (χ3n) is 5.45. The van der Waals surface area contributed by atoms with Crippen LogP contribution < -0.4 is 4.74 Å². The first-order chi connectivity index (χ1) is 11.3. The highest BCUT2D eigenvalue weighted by Crippen LogP contribution is 2.57. The summed E-state index contributed by atoms with van der Waals surface area (Å²) in [7, 11) is 1.81. The van der Waals surface area contributed by atoms with Gasteiger partial charge < -0.3 is 9.30 Å². The molecule has 1 fully saturated rings. The van der Waals surface area contributed by atoms with Gasteiger partial charge in [0.2, 0.25) is 0 Å². The summed E-state index contributed by atoms with van der Waals surface area (Å²) >= 11 is 0. The number of hydrogen-bond donors (Lipinski definition) is 0. The minimum absolute atomic E-state index is 0.646. The molecule has 2 nitrogen and oxygen atoms in total. The monoisotopic (exact) mass is 307 g/mol. The number of fused-ring (bicyclic) bond motifs is 1. The minimum Gasteiger partial charge on any atom is -0.482 e. The molecule has 2 aliphatic rings. The van der Waals surface area contributed by atoms with Gasteiger partial charge >= 0.3 is 0 Å². The molecule has 2 heteroatoms. The zero-order valence-electron chi connectivity index (χ0n) is 13.9. The molecule has 0 amide bonds. The smallest absolute Gasteiger partial charge is 0.197 e. The molecule has 1 saturated carbocycles. The quantitative estimate of drug-likeness (QED) is 0.721. The van der Waals surface area contributed by atoms with Gasteiger partial charge in [0, 0.05) is 23.7 Å². The van der Waals surface area contributed by atoms with E-state index in [2.05, 4.69) is 41.5 Å². The van der Waals surface area contributed by atoms with Crippen molar-refractivity contribution in [2.75, 3.05) is 7.11 Å². The first kappa shape index (κ1) is 14.6. The zero-order chi connectivity index (χ0) is 15.8. The molecule has 1 heterocycles. The van der Waals surface area contributed by atoms with E-state index in [1.165, 1.54) is 48.9 Å². The molecule has 0 radical (unpaired) electrons. The van der Waals surface area contributed by atoms with E-state index in [0.29, 0.717) is 11.8 Å². The highest BCUT2D eigenvalue weighted by molar-refractivity contribution is 5.49. The fraction of sp³-hybridized carbons (Fsp3) is 0.429. The van der Waals surface area contributed by atoms with Crippen molar-refractivity contribution in [1.82, 2.24) is 4.57 Å². The van der Waals surface area contributed by atoms with E-state index in [4.69, 9.17) is 4.74 Å². The second-order valence-corrected chi connectivity index (χ2v) is 6.82. The molecule has 120 valence electrons. The molecule has 0 aliphatic heterocycles. The summed E-state index contributed by atoms with van der Waals surface area (Å²) in [6.07, 6.45) is 8.23. The number of ether oxygens (including phenoxy) is 1. The van der Waals surface area contributed by atoms with Crippen LogP contribution in [0.4, 0.5) is 0 Å². The number of allylic oxidation sites excluding steroid dienone is 1. The molecular formula is C21H25NO. The van der Waals surface area contributed by atoms with E-state index in [1.54, 1.807) is 5.56 Å². The van der Waals surface area contributed by atoms with Gasteiger partial charge in [0.05, 0.1) is 7.11 Å². The van der Waals surface area contributed by atoms with Crippen LogP contribution in [-0.4, -0.2) is 11.7 Å². The van der Waals surface area contributed by atoms with Gasteiger partial charge in [-0.05, 0) is 49.1 Å². The second-order valence-electron chi connectivity index (χ2n) is 6.82. The highest BCUT2D eigenvalue weighted by atomic mass is 16.5. The number of hydrogen-bond acceptors (Lipinski definition) is 1. The lowest BCUT2D eigenvalue weighted by Gasteiger charge is -2.13. The van der Waals surface area contributed by atoms with Crippen molar-refractivity contribution in [3.05, 3.63) is 65.4 Å². The molecule has 0 saturated heterocycles. The van der Waals surface area contributed by atoms with Crippen molar-refractivity contribution in [3.63, 3.8) is 0 Å². The molecule has 1 aromatic heterocycles. The first-order valence-electron chi connectivity index (χ1n) is 8.79. The van der Waals surface area contributed by atoms with Crippen LogP contribution in [0, 0.1) is 0 Å². The summed E-state index contributed by atoms with van der Waals surface area (Å²) in [5.74, 6) is 2.41. The Morgan fingerprint density at radius 3 is 2.57 bits per heavy atom. The van der Waals surface area contributed by atoms with Gasteiger partial charge in [0.25, 0.3) is 0 Å². The summed E-state index contributed by atoms with van der Waals surface area (Å²) in [5, 5.41) is 0. The van der Waals surface area contributed by atoms with E-state index in [0.717, 1.165) is 12.4 Å². The van der Waals surface area contributed by atoms with E-state index in [-0.39, 0.29) is 0 Å². The Labute approximate surface area is 138 Å². The largest absolute Gasteiger partial charge is 0.482 e. The third-order valence-corrected chi connectivity index (χ3v) is 5.45. The lowest BCUT2D eigenvalue weighted by molar-refractivity contribution is 0.370. The Kier molecular flexibility index (Phi) is 3.76. The Bertz CT molecular complexity index is 713. The minimum atomic E-state index is 0.646. The van der Waals surface area contributed by atoms with Crippen LogP contribution in [0.25, 0.3) is 0 Å². The van der Waals surface area contributed by atoms with E-state index in [1.807, 2.05) is 13.2 Å². The molecule has 0 spiro atoms. The summed E-state index contributed by atoms with van der Waals surface area (Å²) in [4.78, 5) is 0. The molecule has 23 heavy (non-hydrogen) atoms. The predicted octanol–water partition coefficient (Wildman–Crippen LogP) is 4.83. The Morgan fingerprint density at radius 2 is 1.87 bits per heavy atom. The van der Waals surface area contributed by atoms with Gasteiger partial charge in [0.1, 0.15) is 0 Å². The van der Waals surface area contributed by atoms with Crippen LogP contribution in [0.5, 0.6) is 5.88 Å². The molecule has 1 aromatic carbocycles. The van der Waals surface area contributed by atoms with Crippen molar-refractivity contribution in [3.8, 4) is 5.88 Å². The number of nitrogens with zero attached hydrogens (tertiary/aromatic N) is 1. The number of methoxy groups -OCH3 is 1. The average Bonchev–Trinajstić information content (AvgIpc) is 3.32. The van der Waals surface area contributed by atoms with E-state index >= 15 is 0 Å². The van der Waals surface area contributed by atoms with Crippen LogP contribution in [0.3, 0.4) is 0 Å².